The minimum absolute atomic E-state index is 0.239. The van der Waals surface area contributed by atoms with Crippen molar-refractivity contribution in [3.63, 3.8) is 0 Å². The Hall–Kier alpha value is -3.67. The first-order valence-electron chi connectivity index (χ1n) is 11.6. The van der Waals surface area contributed by atoms with E-state index in [1.807, 2.05) is 43.4 Å². The molecule has 0 radical (unpaired) electrons. The Kier molecular flexibility index (Phi) is 9.40. The number of nitrogens with one attached hydrogen (secondary N) is 3. The lowest BCUT2D eigenvalue weighted by atomic mass is 10.1. The van der Waals surface area contributed by atoms with E-state index in [4.69, 9.17) is 10.5 Å². The number of esters is 1. The maximum atomic E-state index is 13.4. The molecule has 12 nitrogen and oxygen atoms in total. The van der Waals surface area contributed by atoms with Crippen LogP contribution >= 0.6 is 0 Å². The van der Waals surface area contributed by atoms with Gasteiger partial charge in [-0.25, -0.2) is 10.2 Å². The number of anilines is 2. The smallest absolute Gasteiger partial charge is 0.332 e. The van der Waals surface area contributed by atoms with Gasteiger partial charge in [0.25, 0.3) is 0 Å². The van der Waals surface area contributed by atoms with Crippen LogP contribution in [0, 0.1) is 13.8 Å². The van der Waals surface area contributed by atoms with Crippen molar-refractivity contribution >= 4 is 41.4 Å². The zero-order valence-electron chi connectivity index (χ0n) is 22.0. The van der Waals surface area contributed by atoms with E-state index < -0.39 is 35.6 Å². The maximum Gasteiger partial charge on any atom is 0.332 e. The number of urea groups is 1. The third kappa shape index (κ3) is 7.94. The Balaban J connectivity index is 2.32. The molecule has 0 bridgehead atoms. The normalized spacial score (nSPS) is 16.9. The number of nitrogens with two attached hydrogens (primary N) is 1. The van der Waals surface area contributed by atoms with Gasteiger partial charge in [0.2, 0.25) is 11.8 Å². The van der Waals surface area contributed by atoms with E-state index in [2.05, 4.69) is 15.7 Å². The molecule has 0 saturated heterocycles. The van der Waals surface area contributed by atoms with Crippen LogP contribution in [0.3, 0.4) is 0 Å². The van der Waals surface area contributed by atoms with Gasteiger partial charge in [0.05, 0.1) is 23.8 Å². The Morgan fingerprint density at radius 3 is 2.53 bits per heavy atom. The van der Waals surface area contributed by atoms with E-state index in [1.165, 1.54) is 11.1 Å². The highest BCUT2D eigenvalue weighted by Crippen LogP contribution is 2.36. The molecule has 4 amide bonds. The molecule has 0 saturated carbocycles. The van der Waals surface area contributed by atoms with E-state index in [1.54, 1.807) is 27.8 Å². The van der Waals surface area contributed by atoms with E-state index in [0.29, 0.717) is 12.2 Å². The standard InChI is InChI=1S/C24H37N7O5/c1-14-8-15(2)21-18(9-14)30(7)12-17(26-6)22(34)31(21)13-19(32)28-16(11-27-29-23(25)35)10-20(33)36-24(3,4)5/h8-9,11,16-17,26H,10,12-13H2,1-7H3,(H,28,32)(H3,25,29,35)/b27-11+/t16-,17-/m0/s1. The van der Waals surface area contributed by atoms with Gasteiger partial charge >= 0.3 is 12.0 Å². The summed E-state index contributed by atoms with van der Waals surface area (Å²) in [5.41, 5.74) is 9.72. The summed E-state index contributed by atoms with van der Waals surface area (Å²) in [7, 11) is 3.60. The van der Waals surface area contributed by atoms with Crippen molar-refractivity contribution in [2.45, 2.75) is 58.7 Å². The minimum atomic E-state index is -0.914. The highest BCUT2D eigenvalue weighted by molar-refractivity contribution is 6.06. The number of hydrogen-bond donors (Lipinski definition) is 4. The Bertz CT molecular complexity index is 1030. The molecule has 5 N–H and O–H groups in total. The lowest BCUT2D eigenvalue weighted by Gasteiger charge is -2.27. The van der Waals surface area contributed by atoms with Gasteiger partial charge in [-0.2, -0.15) is 5.10 Å². The lowest BCUT2D eigenvalue weighted by Crippen LogP contribution is -2.52. The van der Waals surface area contributed by atoms with Crippen LogP contribution < -0.4 is 31.6 Å². The van der Waals surface area contributed by atoms with Gasteiger partial charge in [0.15, 0.2) is 0 Å². The predicted molar refractivity (Wildman–Crippen MR) is 138 cm³/mol. The van der Waals surface area contributed by atoms with E-state index >= 15 is 0 Å². The quantitative estimate of drug-likeness (QED) is 0.229. The third-order valence-corrected chi connectivity index (χ3v) is 5.36. The number of hydrazone groups is 1. The number of amides is 4. The number of likely N-dealkylation sites (N-methyl/N-ethyl adjacent to an activating group) is 2. The van der Waals surface area contributed by atoms with Crippen molar-refractivity contribution in [2.24, 2.45) is 10.8 Å². The van der Waals surface area contributed by atoms with Crippen LogP contribution in [0.5, 0.6) is 0 Å². The number of carbonyl (C=O) groups is 4. The molecule has 1 aromatic carbocycles. The molecule has 0 fully saturated rings. The summed E-state index contributed by atoms with van der Waals surface area (Å²) < 4.78 is 5.33. The summed E-state index contributed by atoms with van der Waals surface area (Å²) in [5, 5.41) is 9.39. The highest BCUT2D eigenvalue weighted by atomic mass is 16.6. The van der Waals surface area contributed by atoms with Crippen molar-refractivity contribution < 1.29 is 23.9 Å². The van der Waals surface area contributed by atoms with E-state index in [-0.39, 0.29) is 18.9 Å². The molecule has 36 heavy (non-hydrogen) atoms. The molecule has 0 spiro atoms. The van der Waals surface area contributed by atoms with Crippen molar-refractivity contribution in [1.82, 2.24) is 16.1 Å². The molecule has 2 rings (SSSR count). The Morgan fingerprint density at radius 2 is 1.94 bits per heavy atom. The van der Waals surface area contributed by atoms with Crippen molar-refractivity contribution in [1.29, 1.82) is 0 Å². The molecular formula is C24H37N7O5. The highest BCUT2D eigenvalue weighted by Gasteiger charge is 2.34. The van der Waals surface area contributed by atoms with Gasteiger partial charge in [-0.15, -0.1) is 0 Å². The summed E-state index contributed by atoms with van der Waals surface area (Å²) in [5.74, 6) is -1.34. The maximum absolute atomic E-state index is 13.4. The summed E-state index contributed by atoms with van der Waals surface area (Å²) in [4.78, 5) is 53.3. The molecule has 1 heterocycles. The molecule has 0 aliphatic carbocycles. The second kappa shape index (κ2) is 11.8. The number of fused-ring (bicyclic) bond motifs is 1. The second-order valence-electron chi connectivity index (χ2n) is 9.81. The van der Waals surface area contributed by atoms with Crippen LogP contribution in [0.4, 0.5) is 16.2 Å². The molecule has 0 unspecified atom stereocenters. The van der Waals surface area contributed by atoms with Crippen LogP contribution in [0.25, 0.3) is 0 Å². The first-order chi connectivity index (χ1) is 16.7. The van der Waals surface area contributed by atoms with Crippen LogP contribution in [-0.4, -0.2) is 74.9 Å². The summed E-state index contributed by atoms with van der Waals surface area (Å²) in [6, 6.07) is 1.59. The lowest BCUT2D eigenvalue weighted by molar-refractivity contribution is -0.155. The number of aryl methyl sites for hydroxylation is 2. The molecule has 12 heteroatoms. The first-order valence-corrected chi connectivity index (χ1v) is 11.6. The monoisotopic (exact) mass is 503 g/mol. The predicted octanol–water partition coefficient (Wildman–Crippen LogP) is 0.545. The number of rotatable bonds is 8. The topological polar surface area (TPSA) is 158 Å². The number of ether oxygens (including phenoxy) is 1. The van der Waals surface area contributed by atoms with Gasteiger partial charge < -0.3 is 26.0 Å². The summed E-state index contributed by atoms with van der Waals surface area (Å²) >= 11 is 0. The molecule has 2 atom stereocenters. The minimum Gasteiger partial charge on any atom is -0.460 e. The van der Waals surface area contributed by atoms with E-state index in [9.17, 15) is 19.2 Å². The summed E-state index contributed by atoms with van der Waals surface area (Å²) in [6.45, 7) is 9.18. The molecule has 0 aromatic heterocycles. The number of hydrogen-bond acceptors (Lipinski definition) is 8. The number of nitrogens with zero attached hydrogens (tertiary/aromatic N) is 3. The van der Waals surface area contributed by atoms with Gasteiger partial charge in [-0.1, -0.05) is 6.07 Å². The second-order valence-corrected chi connectivity index (χ2v) is 9.81. The first kappa shape index (κ1) is 28.6. The van der Waals surface area contributed by atoms with Crippen molar-refractivity contribution in [3.05, 3.63) is 23.3 Å². The average Bonchev–Trinajstić information content (AvgIpc) is 2.82. The third-order valence-electron chi connectivity index (χ3n) is 5.36. The Morgan fingerprint density at radius 1 is 1.28 bits per heavy atom. The van der Waals surface area contributed by atoms with Gasteiger partial charge in [0, 0.05) is 19.8 Å². The number of primary amides is 1. The van der Waals surface area contributed by atoms with Gasteiger partial charge in [-0.3, -0.25) is 19.3 Å². The fourth-order valence-corrected chi connectivity index (χ4v) is 3.99. The van der Waals surface area contributed by atoms with Crippen LogP contribution in [0.1, 0.15) is 38.3 Å². The van der Waals surface area contributed by atoms with E-state index in [0.717, 1.165) is 16.8 Å². The fraction of sp³-hybridized carbons (Fsp3) is 0.542. The SMILES string of the molecule is CN[C@H]1CN(C)c2cc(C)cc(C)c2N(CC(=O)N[C@H](/C=N/NC(N)=O)CC(=O)OC(C)(C)C)C1=O. The van der Waals surface area contributed by atoms with Gasteiger partial charge in [0.1, 0.15) is 18.2 Å². The van der Waals surface area contributed by atoms with Crippen LogP contribution in [0.2, 0.25) is 0 Å². The van der Waals surface area contributed by atoms with Crippen molar-refractivity contribution in [2.75, 3.05) is 37.0 Å². The molecular weight excluding hydrogens is 466 g/mol. The number of benzene rings is 1. The fourth-order valence-electron chi connectivity index (χ4n) is 3.99. The zero-order valence-corrected chi connectivity index (χ0v) is 22.0. The molecule has 1 aliphatic heterocycles. The molecule has 1 aliphatic rings. The van der Waals surface area contributed by atoms with Crippen LogP contribution in [-0.2, 0) is 19.1 Å². The molecule has 198 valence electrons. The van der Waals surface area contributed by atoms with Crippen LogP contribution in [0.15, 0.2) is 17.2 Å². The summed E-state index contributed by atoms with van der Waals surface area (Å²) in [6.07, 6.45) is 0.946. The zero-order chi connectivity index (χ0) is 27.2. The molecule has 1 aromatic rings. The van der Waals surface area contributed by atoms with Gasteiger partial charge in [-0.05, 0) is 58.9 Å². The Labute approximate surface area is 211 Å². The average molecular weight is 504 g/mol. The largest absolute Gasteiger partial charge is 0.460 e. The number of carbonyl (C=O) groups excluding carboxylic acids is 4. The van der Waals surface area contributed by atoms with Crippen molar-refractivity contribution in [3.8, 4) is 0 Å².